The summed E-state index contributed by atoms with van der Waals surface area (Å²) in [7, 11) is -3.58. The number of rotatable bonds is 3. The molecular formula is C22H28N2O4S. The van der Waals surface area contributed by atoms with Gasteiger partial charge in [-0.3, -0.25) is 9.10 Å². The molecule has 0 fully saturated rings. The molecule has 0 spiro atoms. The van der Waals surface area contributed by atoms with E-state index in [-0.39, 0.29) is 17.9 Å². The van der Waals surface area contributed by atoms with Crippen LogP contribution in [0.15, 0.2) is 36.4 Å². The summed E-state index contributed by atoms with van der Waals surface area (Å²) in [6.07, 6.45) is 0.198. The van der Waals surface area contributed by atoms with Crippen LogP contribution in [0.25, 0.3) is 0 Å². The van der Waals surface area contributed by atoms with E-state index in [2.05, 4.69) is 26.1 Å². The number of benzene rings is 2. The minimum absolute atomic E-state index is 0.0733. The molecule has 1 unspecified atom stereocenters. The number of fused-ring (bicyclic) bond motifs is 1. The Morgan fingerprint density at radius 3 is 2.48 bits per heavy atom. The molecule has 0 bridgehead atoms. The predicted octanol–water partition coefficient (Wildman–Crippen LogP) is 3.77. The van der Waals surface area contributed by atoms with Crippen LogP contribution >= 0.6 is 0 Å². The Bertz CT molecular complexity index is 1050. The van der Waals surface area contributed by atoms with Crippen molar-refractivity contribution in [1.82, 2.24) is 0 Å². The quantitative estimate of drug-likeness (QED) is 0.826. The summed E-state index contributed by atoms with van der Waals surface area (Å²) >= 11 is 0. The fourth-order valence-electron chi connectivity index (χ4n) is 3.27. The molecule has 1 aliphatic heterocycles. The third-order valence-electron chi connectivity index (χ3n) is 5.25. The van der Waals surface area contributed by atoms with Crippen LogP contribution < -0.4 is 14.4 Å². The van der Waals surface area contributed by atoms with Gasteiger partial charge in [0.2, 0.25) is 10.0 Å². The zero-order valence-electron chi connectivity index (χ0n) is 17.7. The first kappa shape index (κ1) is 21.2. The molecule has 1 heterocycles. The average molecular weight is 417 g/mol. The first-order chi connectivity index (χ1) is 13.4. The van der Waals surface area contributed by atoms with E-state index in [0.717, 1.165) is 22.9 Å². The van der Waals surface area contributed by atoms with E-state index >= 15 is 0 Å². The number of aryl methyl sites for hydroxylation is 1. The third-order valence-corrected chi connectivity index (χ3v) is 6.40. The highest BCUT2D eigenvalue weighted by Crippen LogP contribution is 2.38. The maximum absolute atomic E-state index is 12.9. The Labute approximate surface area is 172 Å². The van der Waals surface area contributed by atoms with Crippen LogP contribution in [0.4, 0.5) is 11.4 Å². The second-order valence-electron chi connectivity index (χ2n) is 8.57. The molecule has 0 aromatic heterocycles. The summed E-state index contributed by atoms with van der Waals surface area (Å²) in [5.74, 6) is 0.00804. The number of amides is 1. The zero-order valence-corrected chi connectivity index (χ0v) is 18.6. The molecule has 7 heteroatoms. The van der Waals surface area contributed by atoms with Gasteiger partial charge in [-0.15, -0.1) is 0 Å². The average Bonchev–Trinajstić information content (AvgIpc) is 2.62. The van der Waals surface area contributed by atoms with Crippen LogP contribution in [-0.4, -0.2) is 33.2 Å². The number of nitrogens with zero attached hydrogens (tertiary/aromatic N) is 1. The molecule has 156 valence electrons. The van der Waals surface area contributed by atoms with Gasteiger partial charge in [-0.25, -0.2) is 8.42 Å². The molecule has 1 amide bonds. The topological polar surface area (TPSA) is 75.7 Å². The van der Waals surface area contributed by atoms with Crippen LogP contribution in [0.5, 0.6) is 5.75 Å². The van der Waals surface area contributed by atoms with Gasteiger partial charge in [0.25, 0.3) is 5.91 Å². The Morgan fingerprint density at radius 1 is 1.17 bits per heavy atom. The Morgan fingerprint density at radius 2 is 1.86 bits per heavy atom. The summed E-state index contributed by atoms with van der Waals surface area (Å²) in [4.78, 5) is 12.9. The Balaban J connectivity index is 1.94. The van der Waals surface area contributed by atoms with Gasteiger partial charge < -0.3 is 10.1 Å². The first-order valence-electron chi connectivity index (χ1n) is 9.54. The van der Waals surface area contributed by atoms with E-state index in [1.165, 1.54) is 4.31 Å². The number of carbonyl (C=O) groups is 1. The lowest BCUT2D eigenvalue weighted by Crippen LogP contribution is -2.48. The van der Waals surface area contributed by atoms with E-state index in [1.807, 2.05) is 44.2 Å². The summed E-state index contributed by atoms with van der Waals surface area (Å²) in [6, 6.07) is 11.1. The van der Waals surface area contributed by atoms with Crippen LogP contribution in [0, 0.1) is 13.8 Å². The summed E-state index contributed by atoms with van der Waals surface area (Å²) in [5, 5.41) is 2.87. The number of carbonyl (C=O) groups excluding carboxylic acids is 1. The van der Waals surface area contributed by atoms with Crippen molar-refractivity contribution in [3.63, 3.8) is 0 Å². The monoisotopic (exact) mass is 416 g/mol. The molecule has 0 aliphatic carbocycles. The van der Waals surface area contributed by atoms with Crippen molar-refractivity contribution in [2.45, 2.75) is 46.1 Å². The van der Waals surface area contributed by atoms with Crippen LogP contribution in [0.1, 0.15) is 37.5 Å². The standard InChI is InChI=1S/C22H28N2O4S/c1-14-8-7-9-17(15(14)2)23-21(25)20-13-24(29(6,26)27)18-12-16(22(3,4)5)10-11-19(18)28-20/h7-12,20H,13H2,1-6H3,(H,23,25). The SMILES string of the molecule is Cc1cccc(NC(=O)C2CN(S(C)(=O)=O)c3cc(C(C)(C)C)ccc3O2)c1C. The van der Waals surface area contributed by atoms with E-state index in [9.17, 15) is 13.2 Å². The molecule has 29 heavy (non-hydrogen) atoms. The molecule has 2 aromatic carbocycles. The fraction of sp³-hybridized carbons (Fsp3) is 0.409. The van der Waals surface area contributed by atoms with Crippen molar-refractivity contribution in [2.75, 3.05) is 22.4 Å². The van der Waals surface area contributed by atoms with Gasteiger partial charge in [-0.1, -0.05) is 39.0 Å². The normalized spacial score (nSPS) is 16.8. The van der Waals surface area contributed by atoms with Crippen molar-refractivity contribution in [2.24, 2.45) is 0 Å². The molecule has 0 saturated heterocycles. The number of ether oxygens (including phenoxy) is 1. The largest absolute Gasteiger partial charge is 0.476 e. The van der Waals surface area contributed by atoms with Gasteiger partial charge >= 0.3 is 0 Å². The number of hydrogen-bond donors (Lipinski definition) is 1. The van der Waals surface area contributed by atoms with Gasteiger partial charge in [0.05, 0.1) is 18.5 Å². The first-order valence-corrected chi connectivity index (χ1v) is 11.4. The van der Waals surface area contributed by atoms with Crippen molar-refractivity contribution in [3.05, 3.63) is 53.1 Å². The molecule has 1 atom stereocenters. The summed E-state index contributed by atoms with van der Waals surface area (Å²) in [5.41, 5.74) is 4.03. The van der Waals surface area contributed by atoms with E-state index in [0.29, 0.717) is 17.1 Å². The van der Waals surface area contributed by atoms with Crippen LogP contribution in [-0.2, 0) is 20.2 Å². The molecule has 1 N–H and O–H groups in total. The number of sulfonamides is 1. The predicted molar refractivity (Wildman–Crippen MR) is 116 cm³/mol. The highest BCUT2D eigenvalue weighted by atomic mass is 32.2. The lowest BCUT2D eigenvalue weighted by Gasteiger charge is -2.35. The Hall–Kier alpha value is -2.54. The fourth-order valence-corrected chi connectivity index (χ4v) is 4.17. The lowest BCUT2D eigenvalue weighted by molar-refractivity contribution is -0.122. The van der Waals surface area contributed by atoms with Gasteiger partial charge in [0.1, 0.15) is 5.75 Å². The second-order valence-corrected chi connectivity index (χ2v) is 10.5. The third kappa shape index (κ3) is 4.40. The van der Waals surface area contributed by atoms with Gasteiger partial charge in [-0.2, -0.15) is 0 Å². The lowest BCUT2D eigenvalue weighted by atomic mass is 9.86. The Kier molecular flexibility index (Phi) is 5.38. The minimum Gasteiger partial charge on any atom is -0.476 e. The number of hydrogen-bond acceptors (Lipinski definition) is 4. The highest BCUT2D eigenvalue weighted by molar-refractivity contribution is 7.92. The van der Waals surface area contributed by atoms with Crippen molar-refractivity contribution in [1.29, 1.82) is 0 Å². The molecule has 0 radical (unpaired) electrons. The molecular weight excluding hydrogens is 388 g/mol. The highest BCUT2D eigenvalue weighted by Gasteiger charge is 2.36. The molecule has 3 rings (SSSR count). The summed E-state index contributed by atoms with van der Waals surface area (Å²) in [6.45, 7) is 10.0. The van der Waals surface area contributed by atoms with E-state index < -0.39 is 16.1 Å². The van der Waals surface area contributed by atoms with Crippen LogP contribution in [0.3, 0.4) is 0 Å². The number of nitrogens with one attached hydrogen (secondary N) is 1. The smallest absolute Gasteiger partial charge is 0.267 e. The van der Waals surface area contributed by atoms with Crippen molar-refractivity contribution >= 4 is 27.3 Å². The maximum atomic E-state index is 12.9. The minimum atomic E-state index is -3.58. The molecule has 2 aromatic rings. The zero-order chi connectivity index (χ0) is 21.6. The van der Waals surface area contributed by atoms with Crippen molar-refractivity contribution < 1.29 is 17.9 Å². The van der Waals surface area contributed by atoms with Gasteiger partial charge in [-0.05, 0) is 54.2 Å². The maximum Gasteiger partial charge on any atom is 0.267 e. The van der Waals surface area contributed by atoms with Gasteiger partial charge in [0.15, 0.2) is 6.10 Å². The van der Waals surface area contributed by atoms with Crippen molar-refractivity contribution in [3.8, 4) is 5.75 Å². The molecule has 6 nitrogen and oxygen atoms in total. The number of anilines is 2. The molecule has 0 saturated carbocycles. The van der Waals surface area contributed by atoms with Crippen LogP contribution in [0.2, 0.25) is 0 Å². The summed E-state index contributed by atoms with van der Waals surface area (Å²) < 4.78 is 32.1. The van der Waals surface area contributed by atoms with E-state index in [4.69, 9.17) is 4.74 Å². The van der Waals surface area contributed by atoms with Gasteiger partial charge in [0, 0.05) is 5.69 Å². The molecule has 1 aliphatic rings. The van der Waals surface area contributed by atoms with E-state index in [1.54, 1.807) is 6.07 Å². The second kappa shape index (κ2) is 7.37.